The Morgan fingerprint density at radius 2 is 2.10 bits per heavy atom. The molecule has 0 amide bonds. The Balaban J connectivity index is 2.17. The molecule has 1 heterocycles. The molecule has 0 bridgehead atoms. The second-order valence-corrected chi connectivity index (χ2v) is 5.11. The van der Waals surface area contributed by atoms with Crippen LogP contribution in [0.2, 0.25) is 0 Å². The van der Waals surface area contributed by atoms with E-state index in [1.165, 1.54) is 0 Å². The Morgan fingerprint density at radius 1 is 1.35 bits per heavy atom. The molecule has 2 rings (SSSR count). The first-order valence-electron chi connectivity index (χ1n) is 6.94. The van der Waals surface area contributed by atoms with Gasteiger partial charge in [0.1, 0.15) is 12.4 Å². The summed E-state index contributed by atoms with van der Waals surface area (Å²) in [6, 6.07) is 7.90. The molecular formula is C16H22N2O2. The summed E-state index contributed by atoms with van der Waals surface area (Å²) in [7, 11) is 1.92. The summed E-state index contributed by atoms with van der Waals surface area (Å²) in [6.45, 7) is 6.29. The Kier molecular flexibility index (Phi) is 4.45. The van der Waals surface area contributed by atoms with Gasteiger partial charge >= 0.3 is 0 Å². The highest BCUT2D eigenvalue weighted by Crippen LogP contribution is 2.27. The van der Waals surface area contributed by atoms with E-state index in [-0.39, 0.29) is 0 Å². The van der Waals surface area contributed by atoms with Crippen LogP contribution in [0.4, 0.5) is 0 Å². The molecule has 0 spiro atoms. The third-order valence-corrected chi connectivity index (χ3v) is 3.38. The van der Waals surface area contributed by atoms with Crippen molar-refractivity contribution in [2.75, 3.05) is 0 Å². The van der Waals surface area contributed by atoms with E-state index in [0.717, 1.165) is 34.7 Å². The number of benzene rings is 1. The van der Waals surface area contributed by atoms with Crippen molar-refractivity contribution >= 4 is 0 Å². The number of aromatic nitrogens is 2. The van der Waals surface area contributed by atoms with Crippen LogP contribution < -0.4 is 4.74 Å². The zero-order valence-electron chi connectivity index (χ0n) is 12.6. The molecule has 1 N–H and O–H groups in total. The highest BCUT2D eigenvalue weighted by molar-refractivity contribution is 5.38. The lowest BCUT2D eigenvalue weighted by molar-refractivity contribution is 0.189. The Hall–Kier alpha value is -1.81. The van der Waals surface area contributed by atoms with Crippen LogP contribution in [0.3, 0.4) is 0 Å². The monoisotopic (exact) mass is 274 g/mol. The average Bonchev–Trinajstić information content (AvgIpc) is 2.76. The SMILES string of the molecule is CCc1cc(COc2cc(C)ccc2C(C)O)n(C)n1. The van der Waals surface area contributed by atoms with Gasteiger partial charge in [-0.25, -0.2) is 0 Å². The van der Waals surface area contributed by atoms with Crippen LogP contribution in [0.1, 0.15) is 42.5 Å². The predicted molar refractivity (Wildman–Crippen MR) is 78.7 cm³/mol. The summed E-state index contributed by atoms with van der Waals surface area (Å²) in [4.78, 5) is 0. The van der Waals surface area contributed by atoms with E-state index < -0.39 is 6.10 Å². The summed E-state index contributed by atoms with van der Waals surface area (Å²) in [5.74, 6) is 0.735. The highest BCUT2D eigenvalue weighted by atomic mass is 16.5. The summed E-state index contributed by atoms with van der Waals surface area (Å²) < 4.78 is 7.73. The van der Waals surface area contributed by atoms with E-state index in [9.17, 15) is 5.11 Å². The molecule has 20 heavy (non-hydrogen) atoms. The Morgan fingerprint density at radius 3 is 2.70 bits per heavy atom. The van der Waals surface area contributed by atoms with Crippen LogP contribution in [0.15, 0.2) is 24.3 Å². The van der Waals surface area contributed by atoms with Crippen molar-refractivity contribution in [2.45, 2.75) is 39.9 Å². The topological polar surface area (TPSA) is 47.3 Å². The molecule has 0 saturated carbocycles. The van der Waals surface area contributed by atoms with Crippen LogP contribution in [0, 0.1) is 6.92 Å². The number of ether oxygens (including phenoxy) is 1. The standard InChI is InChI=1S/C16H22N2O2/c1-5-13-9-14(18(4)17-13)10-20-16-8-11(2)6-7-15(16)12(3)19/h6-9,12,19H,5,10H2,1-4H3. The number of hydrogen-bond acceptors (Lipinski definition) is 3. The predicted octanol–water partition coefficient (Wildman–Crippen LogP) is 2.92. The van der Waals surface area contributed by atoms with Crippen LogP contribution in [0.5, 0.6) is 5.75 Å². The molecule has 1 atom stereocenters. The number of nitrogens with zero attached hydrogens (tertiary/aromatic N) is 2. The van der Waals surface area contributed by atoms with Gasteiger partial charge in [0.15, 0.2) is 0 Å². The number of aliphatic hydroxyl groups excluding tert-OH is 1. The molecule has 108 valence electrons. The smallest absolute Gasteiger partial charge is 0.130 e. The van der Waals surface area contributed by atoms with E-state index in [0.29, 0.717) is 6.61 Å². The van der Waals surface area contributed by atoms with E-state index in [1.54, 1.807) is 6.92 Å². The summed E-state index contributed by atoms with van der Waals surface area (Å²) in [5, 5.41) is 14.2. The molecule has 1 aromatic carbocycles. The van der Waals surface area contributed by atoms with Gasteiger partial charge in [-0.3, -0.25) is 4.68 Å². The van der Waals surface area contributed by atoms with Crippen LogP contribution in [-0.2, 0) is 20.1 Å². The summed E-state index contributed by atoms with van der Waals surface area (Å²) >= 11 is 0. The van der Waals surface area contributed by atoms with E-state index in [2.05, 4.69) is 18.1 Å². The van der Waals surface area contributed by atoms with Gasteiger partial charge in [0.2, 0.25) is 0 Å². The molecule has 0 fully saturated rings. The molecule has 0 aliphatic heterocycles. The van der Waals surface area contributed by atoms with Gasteiger partial charge in [0.05, 0.1) is 17.5 Å². The first kappa shape index (κ1) is 14.6. The Bertz CT molecular complexity index is 588. The maximum Gasteiger partial charge on any atom is 0.130 e. The van der Waals surface area contributed by atoms with Gasteiger partial charge in [-0.05, 0) is 38.0 Å². The zero-order chi connectivity index (χ0) is 14.7. The quantitative estimate of drug-likeness (QED) is 0.912. The molecule has 2 aromatic rings. The van der Waals surface area contributed by atoms with Crippen molar-refractivity contribution in [1.29, 1.82) is 0 Å². The maximum absolute atomic E-state index is 9.79. The third-order valence-electron chi connectivity index (χ3n) is 3.38. The van der Waals surface area contributed by atoms with Crippen molar-refractivity contribution in [2.24, 2.45) is 7.05 Å². The molecule has 4 nitrogen and oxygen atoms in total. The summed E-state index contributed by atoms with van der Waals surface area (Å²) in [5.41, 5.74) is 4.02. The van der Waals surface area contributed by atoms with Crippen molar-refractivity contribution in [3.63, 3.8) is 0 Å². The minimum Gasteiger partial charge on any atom is -0.487 e. The average molecular weight is 274 g/mol. The second kappa shape index (κ2) is 6.09. The fraction of sp³-hybridized carbons (Fsp3) is 0.438. The molecule has 1 unspecified atom stereocenters. The van der Waals surface area contributed by atoms with Crippen molar-refractivity contribution in [3.8, 4) is 5.75 Å². The molecule has 0 aliphatic carbocycles. The van der Waals surface area contributed by atoms with Crippen molar-refractivity contribution in [3.05, 3.63) is 46.8 Å². The number of rotatable bonds is 5. The van der Waals surface area contributed by atoms with E-state index >= 15 is 0 Å². The molecule has 4 heteroatoms. The molecule has 0 aliphatic rings. The van der Waals surface area contributed by atoms with E-state index in [4.69, 9.17) is 4.74 Å². The normalized spacial score (nSPS) is 12.4. The number of aliphatic hydroxyl groups is 1. The largest absolute Gasteiger partial charge is 0.487 e. The van der Waals surface area contributed by atoms with E-state index in [1.807, 2.05) is 36.9 Å². The lowest BCUT2D eigenvalue weighted by Crippen LogP contribution is -2.05. The first-order valence-corrected chi connectivity index (χ1v) is 6.94. The Labute approximate surface area is 120 Å². The van der Waals surface area contributed by atoms with Crippen molar-refractivity contribution < 1.29 is 9.84 Å². The summed E-state index contributed by atoms with van der Waals surface area (Å²) in [6.07, 6.45) is 0.375. The molecule has 0 saturated heterocycles. The van der Waals surface area contributed by atoms with Gasteiger partial charge in [-0.15, -0.1) is 0 Å². The van der Waals surface area contributed by atoms with Gasteiger partial charge in [0, 0.05) is 12.6 Å². The fourth-order valence-corrected chi connectivity index (χ4v) is 2.14. The zero-order valence-corrected chi connectivity index (χ0v) is 12.6. The van der Waals surface area contributed by atoms with Gasteiger partial charge < -0.3 is 9.84 Å². The third kappa shape index (κ3) is 3.20. The first-order chi connectivity index (χ1) is 9.51. The number of aryl methyl sites for hydroxylation is 3. The lowest BCUT2D eigenvalue weighted by Gasteiger charge is -2.14. The molecular weight excluding hydrogens is 252 g/mol. The molecule has 1 aromatic heterocycles. The van der Waals surface area contributed by atoms with Crippen LogP contribution in [0.25, 0.3) is 0 Å². The van der Waals surface area contributed by atoms with Gasteiger partial charge in [-0.2, -0.15) is 5.10 Å². The lowest BCUT2D eigenvalue weighted by atomic mass is 10.1. The minimum absolute atomic E-state index is 0.451. The highest BCUT2D eigenvalue weighted by Gasteiger charge is 2.11. The second-order valence-electron chi connectivity index (χ2n) is 5.11. The molecule has 0 radical (unpaired) electrons. The van der Waals surface area contributed by atoms with Gasteiger partial charge in [-0.1, -0.05) is 19.1 Å². The van der Waals surface area contributed by atoms with Gasteiger partial charge in [0.25, 0.3) is 0 Å². The van der Waals surface area contributed by atoms with Crippen LogP contribution in [-0.4, -0.2) is 14.9 Å². The maximum atomic E-state index is 9.79. The van der Waals surface area contributed by atoms with Crippen LogP contribution >= 0.6 is 0 Å². The number of hydrogen-bond donors (Lipinski definition) is 1. The van der Waals surface area contributed by atoms with Crippen molar-refractivity contribution in [1.82, 2.24) is 9.78 Å². The fourth-order valence-electron chi connectivity index (χ4n) is 2.14. The minimum atomic E-state index is -0.539.